The van der Waals surface area contributed by atoms with E-state index in [0.717, 1.165) is 24.1 Å². The van der Waals surface area contributed by atoms with Gasteiger partial charge in [0.25, 0.3) is 5.52 Å². The fraction of sp³-hybridized carbons (Fsp3) is 0.588. The number of rotatable bonds is 8. The number of hydrogen-bond donors (Lipinski definition) is 0. The van der Waals surface area contributed by atoms with Crippen molar-refractivity contribution in [2.75, 3.05) is 0 Å². The van der Waals surface area contributed by atoms with Crippen LogP contribution >= 0.6 is 0 Å². The average Bonchev–Trinajstić information content (AvgIpc) is 2.87. The van der Waals surface area contributed by atoms with Crippen LogP contribution in [-0.2, 0) is 6.54 Å². The van der Waals surface area contributed by atoms with Crippen molar-refractivity contribution >= 4 is 18.4 Å². The lowest BCUT2D eigenvalue weighted by molar-refractivity contribution is -0.679. The highest BCUT2D eigenvalue weighted by molar-refractivity contribution is 6.50. The maximum absolute atomic E-state index is 9.75. The number of oxazole rings is 1. The molecule has 0 fully saturated rings. The molecule has 0 saturated carbocycles. The third kappa shape index (κ3) is 8.27. The highest BCUT2D eigenvalue weighted by Gasteiger charge is 2.24. The number of benzene rings is 1. The van der Waals surface area contributed by atoms with Crippen molar-refractivity contribution in [3.63, 3.8) is 0 Å². The molecule has 0 N–H and O–H groups in total. The van der Waals surface area contributed by atoms with Crippen LogP contribution in [0.1, 0.15) is 52.9 Å². The first kappa shape index (κ1) is 21.3. The Bertz CT molecular complexity index is 625. The number of aromatic nitrogens is 1. The molecule has 0 aliphatic heterocycles. The second-order valence-corrected chi connectivity index (χ2v) is 5.85. The molecule has 2 rings (SSSR count). The Kier molecular flexibility index (Phi) is 8.79. The maximum Gasteiger partial charge on any atom is 0.673 e. The predicted octanol–water partition coefficient (Wildman–Crippen LogP) is 5.78. The zero-order chi connectivity index (χ0) is 18.9. The van der Waals surface area contributed by atoms with Crippen LogP contribution in [0.4, 0.5) is 17.3 Å². The molecule has 0 unspecified atom stereocenters. The summed E-state index contributed by atoms with van der Waals surface area (Å²) in [4.78, 5) is 0. The van der Waals surface area contributed by atoms with E-state index in [2.05, 4.69) is 31.4 Å². The van der Waals surface area contributed by atoms with Crippen LogP contribution in [0, 0.1) is 0 Å². The van der Waals surface area contributed by atoms with Crippen LogP contribution in [0.5, 0.6) is 6.08 Å². The predicted molar refractivity (Wildman–Crippen MR) is 91.1 cm³/mol. The molecule has 0 amide bonds. The summed E-state index contributed by atoms with van der Waals surface area (Å²) >= 11 is 0. The summed E-state index contributed by atoms with van der Waals surface area (Å²) in [7, 11) is -6.00. The van der Waals surface area contributed by atoms with Crippen molar-refractivity contribution in [2.45, 2.75) is 65.5 Å². The smallest absolute Gasteiger partial charge is 0.418 e. The second kappa shape index (κ2) is 10.3. The third-order valence-corrected chi connectivity index (χ3v) is 3.66. The normalized spacial score (nSPS) is 12.6. The molecule has 1 aromatic heterocycles. The fourth-order valence-corrected chi connectivity index (χ4v) is 2.49. The molecule has 1 aromatic carbocycles. The van der Waals surface area contributed by atoms with E-state index in [1.165, 1.54) is 25.7 Å². The zero-order valence-electron chi connectivity index (χ0n) is 15.0. The number of unbranched alkanes of at least 4 members (excludes halogenated alkanes) is 3. The van der Waals surface area contributed by atoms with Crippen molar-refractivity contribution < 1.29 is 31.0 Å². The molecule has 0 saturated heterocycles. The van der Waals surface area contributed by atoms with E-state index >= 15 is 0 Å². The largest absolute Gasteiger partial charge is 0.673 e. The van der Waals surface area contributed by atoms with Crippen molar-refractivity contribution in [1.82, 2.24) is 0 Å². The minimum Gasteiger partial charge on any atom is -0.418 e. The SMILES string of the molecule is CCCCCC[C@@H](C)Oc1oc2ccccc2[n+]1CC.F[B-](F)(F)F. The van der Waals surface area contributed by atoms with Crippen LogP contribution in [0.15, 0.2) is 28.7 Å². The molecule has 0 aliphatic carbocycles. The van der Waals surface area contributed by atoms with Gasteiger partial charge >= 0.3 is 13.3 Å². The third-order valence-electron chi connectivity index (χ3n) is 3.66. The summed E-state index contributed by atoms with van der Waals surface area (Å²) in [5, 5.41) is 0. The molecule has 0 radical (unpaired) electrons. The summed E-state index contributed by atoms with van der Waals surface area (Å²) < 4.78 is 52.9. The number of para-hydroxylation sites is 2. The standard InChI is InChI=1S/C17H26NO2.BF4/c1-4-6-7-8-11-14(3)19-17-18(5-2)15-12-9-10-13-16(15)20-17;2-1(3,4)5/h9-10,12-14H,4-8,11H2,1-3H3;/q+1;-1/t14-;/m1./s1. The van der Waals surface area contributed by atoms with Gasteiger partial charge in [-0.15, -0.1) is 4.57 Å². The monoisotopic (exact) mass is 363 g/mol. The van der Waals surface area contributed by atoms with E-state index in [1.807, 2.05) is 18.2 Å². The van der Waals surface area contributed by atoms with Gasteiger partial charge in [-0.05, 0) is 32.8 Å². The average molecular weight is 363 g/mol. The summed E-state index contributed by atoms with van der Waals surface area (Å²) in [6, 6.07) is 8.08. The van der Waals surface area contributed by atoms with Gasteiger partial charge in [0, 0.05) is 6.07 Å². The lowest BCUT2D eigenvalue weighted by Crippen LogP contribution is -2.34. The first-order chi connectivity index (χ1) is 11.8. The zero-order valence-corrected chi connectivity index (χ0v) is 15.0. The lowest BCUT2D eigenvalue weighted by Gasteiger charge is -2.09. The van der Waals surface area contributed by atoms with E-state index in [0.29, 0.717) is 6.08 Å². The Morgan fingerprint density at radius 2 is 1.72 bits per heavy atom. The maximum atomic E-state index is 9.75. The summed E-state index contributed by atoms with van der Waals surface area (Å²) in [5.41, 5.74) is 1.99. The van der Waals surface area contributed by atoms with Gasteiger partial charge in [-0.2, -0.15) is 0 Å². The summed E-state index contributed by atoms with van der Waals surface area (Å²) in [6.07, 6.45) is 7.02. The van der Waals surface area contributed by atoms with Gasteiger partial charge in [0.05, 0.1) is 0 Å². The topological polar surface area (TPSA) is 26.2 Å². The minimum atomic E-state index is -6.00. The minimum absolute atomic E-state index is 0.199. The number of fused-ring (bicyclic) bond motifs is 1. The first-order valence-corrected chi connectivity index (χ1v) is 8.71. The quantitative estimate of drug-likeness (QED) is 0.257. The second-order valence-electron chi connectivity index (χ2n) is 5.85. The van der Waals surface area contributed by atoms with Crippen molar-refractivity contribution in [3.05, 3.63) is 24.3 Å². The highest BCUT2D eigenvalue weighted by atomic mass is 19.5. The number of ether oxygens (including phenoxy) is 1. The van der Waals surface area contributed by atoms with Gasteiger partial charge in [0.2, 0.25) is 5.58 Å². The van der Waals surface area contributed by atoms with Crippen LogP contribution in [-0.4, -0.2) is 13.4 Å². The Labute approximate surface area is 146 Å². The van der Waals surface area contributed by atoms with Crippen molar-refractivity contribution in [3.8, 4) is 6.08 Å². The molecular formula is C17H26BF4NO2. The van der Waals surface area contributed by atoms with Gasteiger partial charge in [-0.1, -0.05) is 38.3 Å². The van der Waals surface area contributed by atoms with Gasteiger partial charge in [-0.25, -0.2) is 0 Å². The molecule has 0 aliphatic rings. The molecule has 3 nitrogen and oxygen atoms in total. The van der Waals surface area contributed by atoms with Crippen molar-refractivity contribution in [2.24, 2.45) is 0 Å². The molecule has 1 atom stereocenters. The summed E-state index contributed by atoms with van der Waals surface area (Å²) in [6.45, 7) is 7.33. The van der Waals surface area contributed by atoms with E-state index in [4.69, 9.17) is 9.15 Å². The van der Waals surface area contributed by atoms with Crippen LogP contribution in [0.3, 0.4) is 0 Å². The van der Waals surface area contributed by atoms with Gasteiger partial charge in [-0.3, -0.25) is 0 Å². The number of nitrogens with zero attached hydrogens (tertiary/aromatic N) is 1. The number of halogens is 4. The van der Waals surface area contributed by atoms with Gasteiger partial charge < -0.3 is 26.4 Å². The van der Waals surface area contributed by atoms with Crippen LogP contribution < -0.4 is 9.30 Å². The Balaban J connectivity index is 0.000000550. The van der Waals surface area contributed by atoms with Crippen LogP contribution in [0.25, 0.3) is 11.1 Å². The van der Waals surface area contributed by atoms with E-state index in [1.54, 1.807) is 0 Å². The van der Waals surface area contributed by atoms with Gasteiger partial charge in [0.15, 0.2) is 6.54 Å². The molecule has 2 aromatic rings. The molecule has 1 heterocycles. The number of aryl methyl sites for hydroxylation is 1. The first-order valence-electron chi connectivity index (χ1n) is 8.71. The Morgan fingerprint density at radius 3 is 2.32 bits per heavy atom. The number of hydrogen-bond acceptors (Lipinski definition) is 2. The summed E-state index contributed by atoms with van der Waals surface area (Å²) in [5.74, 6) is 0. The van der Waals surface area contributed by atoms with Gasteiger partial charge in [0.1, 0.15) is 6.10 Å². The van der Waals surface area contributed by atoms with E-state index < -0.39 is 7.25 Å². The molecule has 142 valence electrons. The van der Waals surface area contributed by atoms with E-state index in [-0.39, 0.29) is 6.10 Å². The Hall–Kier alpha value is -1.73. The van der Waals surface area contributed by atoms with E-state index in [9.17, 15) is 17.3 Å². The Morgan fingerprint density at radius 1 is 1.08 bits per heavy atom. The van der Waals surface area contributed by atoms with Crippen molar-refractivity contribution in [1.29, 1.82) is 0 Å². The molecular weight excluding hydrogens is 337 g/mol. The molecule has 25 heavy (non-hydrogen) atoms. The van der Waals surface area contributed by atoms with Crippen LogP contribution in [0.2, 0.25) is 0 Å². The molecule has 8 heteroatoms. The molecule has 0 bridgehead atoms. The lowest BCUT2D eigenvalue weighted by atomic mass is 10.1. The highest BCUT2D eigenvalue weighted by Crippen LogP contribution is 2.20. The fourth-order valence-electron chi connectivity index (χ4n) is 2.49. The molecule has 0 spiro atoms.